The van der Waals surface area contributed by atoms with Crippen molar-refractivity contribution in [3.63, 3.8) is 0 Å². The van der Waals surface area contributed by atoms with Crippen molar-refractivity contribution in [2.24, 2.45) is 7.05 Å². The number of aryl methyl sites for hydroxylation is 1. The summed E-state index contributed by atoms with van der Waals surface area (Å²) in [5, 5.41) is 5.12. The predicted octanol–water partition coefficient (Wildman–Crippen LogP) is 6.15. The van der Waals surface area contributed by atoms with Crippen molar-refractivity contribution in [2.75, 3.05) is 0 Å². The zero-order valence-electron chi connectivity index (χ0n) is 15.3. The van der Waals surface area contributed by atoms with E-state index in [4.69, 9.17) is 0 Å². The van der Waals surface area contributed by atoms with Gasteiger partial charge in [-0.25, -0.2) is 4.57 Å². The van der Waals surface area contributed by atoms with E-state index < -0.39 is 0 Å². The minimum absolute atomic E-state index is 1.24. The number of nitrogens with zero attached hydrogens (tertiary/aromatic N) is 1. The zero-order valence-corrected chi connectivity index (χ0v) is 15.3. The molecule has 1 heterocycles. The Labute approximate surface area is 159 Å². The number of rotatable bonds is 2. The maximum atomic E-state index is 2.30. The van der Waals surface area contributed by atoms with E-state index in [9.17, 15) is 0 Å². The van der Waals surface area contributed by atoms with Crippen LogP contribution >= 0.6 is 0 Å². The second kappa shape index (κ2) is 6.37. The third-order valence-electron chi connectivity index (χ3n) is 5.22. The SMILES string of the molecule is C[n+]1cccc(-c2cccc3cccc(-c4ccc5ccccc5c4)c23)c1. The van der Waals surface area contributed by atoms with Crippen LogP contribution < -0.4 is 4.57 Å². The van der Waals surface area contributed by atoms with Gasteiger partial charge >= 0.3 is 0 Å². The predicted molar refractivity (Wildman–Crippen MR) is 114 cm³/mol. The maximum absolute atomic E-state index is 2.30. The van der Waals surface area contributed by atoms with Crippen LogP contribution in [0.4, 0.5) is 0 Å². The van der Waals surface area contributed by atoms with Crippen molar-refractivity contribution >= 4 is 21.5 Å². The molecule has 0 radical (unpaired) electrons. The lowest BCUT2D eigenvalue weighted by Gasteiger charge is -2.12. The summed E-state index contributed by atoms with van der Waals surface area (Å²) in [6.07, 6.45) is 4.25. The van der Waals surface area contributed by atoms with E-state index in [2.05, 4.69) is 115 Å². The molecule has 0 fully saturated rings. The molecule has 5 rings (SSSR count). The van der Waals surface area contributed by atoms with Gasteiger partial charge in [0.25, 0.3) is 0 Å². The molecule has 0 aliphatic heterocycles. The van der Waals surface area contributed by atoms with Crippen LogP contribution in [0.15, 0.2) is 103 Å². The first-order valence-corrected chi connectivity index (χ1v) is 9.26. The van der Waals surface area contributed by atoms with E-state index in [0.29, 0.717) is 0 Å². The van der Waals surface area contributed by atoms with Gasteiger partial charge in [-0.2, -0.15) is 0 Å². The van der Waals surface area contributed by atoms with Crippen LogP contribution in [-0.2, 0) is 7.05 Å². The van der Waals surface area contributed by atoms with Crippen LogP contribution in [0.25, 0.3) is 43.8 Å². The van der Waals surface area contributed by atoms with Gasteiger partial charge in [0.05, 0.1) is 0 Å². The summed E-state index contributed by atoms with van der Waals surface area (Å²) in [7, 11) is 2.07. The fourth-order valence-corrected chi connectivity index (χ4v) is 3.93. The summed E-state index contributed by atoms with van der Waals surface area (Å²) in [5.41, 5.74) is 5.04. The van der Waals surface area contributed by atoms with Gasteiger partial charge in [-0.05, 0) is 50.4 Å². The lowest BCUT2D eigenvalue weighted by atomic mass is 9.91. The molecule has 5 aromatic rings. The van der Waals surface area contributed by atoms with E-state index in [0.717, 1.165) is 0 Å². The number of hydrogen-bond donors (Lipinski definition) is 0. The summed E-state index contributed by atoms with van der Waals surface area (Å²) in [4.78, 5) is 0. The number of fused-ring (bicyclic) bond motifs is 2. The summed E-state index contributed by atoms with van der Waals surface area (Å²) >= 11 is 0. The van der Waals surface area contributed by atoms with Gasteiger partial charge in [0, 0.05) is 11.6 Å². The van der Waals surface area contributed by atoms with Gasteiger partial charge in [0.15, 0.2) is 12.4 Å². The van der Waals surface area contributed by atoms with Crippen LogP contribution in [0.3, 0.4) is 0 Å². The molecule has 128 valence electrons. The van der Waals surface area contributed by atoms with E-state index in [-0.39, 0.29) is 0 Å². The third kappa shape index (κ3) is 2.78. The molecule has 1 aromatic heterocycles. The van der Waals surface area contributed by atoms with Crippen LogP contribution in [-0.4, -0.2) is 0 Å². The van der Waals surface area contributed by atoms with Crippen LogP contribution in [0.1, 0.15) is 0 Å². The van der Waals surface area contributed by atoms with E-state index in [1.165, 1.54) is 43.8 Å². The molecule has 0 unspecified atom stereocenters. The minimum atomic E-state index is 1.24. The molecule has 0 saturated heterocycles. The van der Waals surface area contributed by atoms with Gasteiger partial charge in [-0.3, -0.25) is 0 Å². The summed E-state index contributed by atoms with van der Waals surface area (Å²) in [5.74, 6) is 0. The molecule has 1 heteroatoms. The quantitative estimate of drug-likeness (QED) is 0.337. The first-order valence-electron chi connectivity index (χ1n) is 9.26. The lowest BCUT2D eigenvalue weighted by molar-refractivity contribution is -0.671. The Morgan fingerprint density at radius 3 is 2.04 bits per heavy atom. The highest BCUT2D eigenvalue weighted by Crippen LogP contribution is 2.36. The molecular weight excluding hydrogens is 326 g/mol. The van der Waals surface area contributed by atoms with Crippen molar-refractivity contribution in [1.82, 2.24) is 0 Å². The topological polar surface area (TPSA) is 3.88 Å². The van der Waals surface area contributed by atoms with Gasteiger partial charge in [0.1, 0.15) is 7.05 Å². The number of pyridine rings is 1. The van der Waals surface area contributed by atoms with E-state index >= 15 is 0 Å². The molecule has 0 bridgehead atoms. The highest BCUT2D eigenvalue weighted by Gasteiger charge is 2.12. The van der Waals surface area contributed by atoms with Crippen molar-refractivity contribution < 1.29 is 4.57 Å². The van der Waals surface area contributed by atoms with Gasteiger partial charge in [0.2, 0.25) is 0 Å². The molecule has 0 N–H and O–H groups in total. The normalized spacial score (nSPS) is 11.1. The Hall–Kier alpha value is -3.45. The standard InChI is InChI=1S/C26H20N/c1-27-16-6-11-23(18-27)25-13-5-10-20-9-4-12-24(26(20)25)22-15-14-19-7-2-3-8-21(19)17-22/h2-18H,1H3/q+1. The number of benzene rings is 4. The highest BCUT2D eigenvalue weighted by atomic mass is 14.9. The molecule has 0 spiro atoms. The maximum Gasteiger partial charge on any atom is 0.176 e. The second-order valence-corrected chi connectivity index (χ2v) is 7.03. The molecule has 0 aliphatic carbocycles. The molecule has 0 aliphatic rings. The third-order valence-corrected chi connectivity index (χ3v) is 5.22. The number of hydrogen-bond acceptors (Lipinski definition) is 0. The monoisotopic (exact) mass is 346 g/mol. The first-order chi connectivity index (χ1) is 13.3. The second-order valence-electron chi connectivity index (χ2n) is 7.03. The first kappa shape index (κ1) is 15.8. The Morgan fingerprint density at radius 1 is 0.556 bits per heavy atom. The average molecular weight is 346 g/mol. The van der Waals surface area contributed by atoms with E-state index in [1.807, 2.05) is 0 Å². The van der Waals surface area contributed by atoms with Crippen LogP contribution in [0.2, 0.25) is 0 Å². The molecule has 1 nitrogen and oxygen atoms in total. The fraction of sp³-hybridized carbons (Fsp3) is 0.0385. The Morgan fingerprint density at radius 2 is 1.26 bits per heavy atom. The van der Waals surface area contributed by atoms with Crippen molar-refractivity contribution in [2.45, 2.75) is 0 Å². The largest absolute Gasteiger partial charge is 0.207 e. The molecule has 4 aromatic carbocycles. The number of aromatic nitrogens is 1. The summed E-state index contributed by atoms with van der Waals surface area (Å²) < 4.78 is 2.10. The molecule has 27 heavy (non-hydrogen) atoms. The Balaban J connectivity index is 1.82. The van der Waals surface area contributed by atoms with Gasteiger partial charge in [-0.1, -0.05) is 72.8 Å². The fourth-order valence-electron chi connectivity index (χ4n) is 3.93. The van der Waals surface area contributed by atoms with Gasteiger partial charge < -0.3 is 0 Å². The molecule has 0 saturated carbocycles. The molecular formula is C26H20N+. The van der Waals surface area contributed by atoms with E-state index in [1.54, 1.807) is 0 Å². The van der Waals surface area contributed by atoms with Crippen molar-refractivity contribution in [1.29, 1.82) is 0 Å². The lowest BCUT2D eigenvalue weighted by Crippen LogP contribution is -2.26. The van der Waals surface area contributed by atoms with Crippen LogP contribution in [0, 0.1) is 0 Å². The highest BCUT2D eigenvalue weighted by molar-refractivity contribution is 6.07. The Bertz CT molecular complexity index is 1280. The van der Waals surface area contributed by atoms with Crippen LogP contribution in [0.5, 0.6) is 0 Å². The molecule has 0 atom stereocenters. The average Bonchev–Trinajstić information content (AvgIpc) is 2.72. The summed E-state index contributed by atoms with van der Waals surface area (Å²) in [6, 6.07) is 32.7. The zero-order chi connectivity index (χ0) is 18.2. The van der Waals surface area contributed by atoms with Gasteiger partial charge in [-0.15, -0.1) is 0 Å². The smallest absolute Gasteiger partial charge is 0.176 e. The van der Waals surface area contributed by atoms with Crippen molar-refractivity contribution in [3.8, 4) is 22.3 Å². The summed E-state index contributed by atoms with van der Waals surface area (Å²) in [6.45, 7) is 0. The Kier molecular flexibility index (Phi) is 3.72. The van der Waals surface area contributed by atoms with Crippen molar-refractivity contribution in [3.05, 3.63) is 103 Å². The minimum Gasteiger partial charge on any atom is -0.207 e. The molecule has 0 amide bonds.